The van der Waals surface area contributed by atoms with Crippen LogP contribution in [0.4, 0.5) is 5.69 Å². The van der Waals surface area contributed by atoms with E-state index in [4.69, 9.17) is 0 Å². The third-order valence-corrected chi connectivity index (χ3v) is 3.02. The fraction of sp³-hybridized carbons (Fsp3) is 0.188. The SMILES string of the molecule is CC(C)c1ccc(N(O)C(=O)c2ccccc2)cc1. The van der Waals surface area contributed by atoms with E-state index in [9.17, 15) is 10.0 Å². The Morgan fingerprint density at radius 3 is 2.11 bits per heavy atom. The molecule has 0 atom stereocenters. The molecule has 3 nitrogen and oxygen atoms in total. The van der Waals surface area contributed by atoms with Crippen LogP contribution in [0.2, 0.25) is 0 Å². The molecule has 0 spiro atoms. The largest absolute Gasteiger partial charge is 0.281 e. The summed E-state index contributed by atoms with van der Waals surface area (Å²) in [6.45, 7) is 4.20. The first-order chi connectivity index (χ1) is 9.09. The number of nitrogens with zero attached hydrogens (tertiary/aromatic N) is 1. The molecule has 19 heavy (non-hydrogen) atoms. The van der Waals surface area contributed by atoms with Crippen molar-refractivity contribution in [3.8, 4) is 0 Å². The molecule has 0 unspecified atom stereocenters. The van der Waals surface area contributed by atoms with Crippen LogP contribution in [0, 0.1) is 0 Å². The van der Waals surface area contributed by atoms with Crippen LogP contribution in [0.15, 0.2) is 54.6 Å². The van der Waals surface area contributed by atoms with Crippen molar-refractivity contribution in [2.24, 2.45) is 0 Å². The predicted octanol–water partition coefficient (Wildman–Crippen LogP) is 3.85. The molecule has 3 heteroatoms. The van der Waals surface area contributed by atoms with Crippen molar-refractivity contribution in [1.82, 2.24) is 0 Å². The van der Waals surface area contributed by atoms with E-state index in [1.807, 2.05) is 18.2 Å². The molecular formula is C16H17NO2. The van der Waals surface area contributed by atoms with E-state index in [0.29, 0.717) is 22.2 Å². The molecule has 2 aromatic carbocycles. The Hall–Kier alpha value is -2.13. The van der Waals surface area contributed by atoms with Gasteiger partial charge in [0.15, 0.2) is 0 Å². The fourth-order valence-corrected chi connectivity index (χ4v) is 1.82. The molecule has 0 aliphatic heterocycles. The second-order valence-corrected chi connectivity index (χ2v) is 4.73. The summed E-state index contributed by atoms with van der Waals surface area (Å²) in [5.41, 5.74) is 2.10. The second-order valence-electron chi connectivity index (χ2n) is 4.73. The number of hydrogen-bond donors (Lipinski definition) is 1. The first-order valence-electron chi connectivity index (χ1n) is 6.28. The quantitative estimate of drug-likeness (QED) is 0.668. The molecule has 0 aliphatic rings. The number of benzene rings is 2. The number of rotatable bonds is 3. The van der Waals surface area contributed by atoms with E-state index < -0.39 is 5.91 Å². The summed E-state index contributed by atoms with van der Waals surface area (Å²) < 4.78 is 0. The van der Waals surface area contributed by atoms with E-state index in [-0.39, 0.29) is 0 Å². The Kier molecular flexibility index (Phi) is 3.97. The lowest BCUT2D eigenvalue weighted by Crippen LogP contribution is -2.26. The van der Waals surface area contributed by atoms with Crippen molar-refractivity contribution in [1.29, 1.82) is 0 Å². The molecule has 2 rings (SSSR count). The highest BCUT2D eigenvalue weighted by Gasteiger charge is 2.15. The Morgan fingerprint density at radius 2 is 1.58 bits per heavy atom. The van der Waals surface area contributed by atoms with Gasteiger partial charge in [-0.25, -0.2) is 0 Å². The minimum atomic E-state index is -0.433. The molecule has 0 saturated heterocycles. The summed E-state index contributed by atoms with van der Waals surface area (Å²) in [4.78, 5) is 12.0. The number of carbonyl (C=O) groups is 1. The highest BCUT2D eigenvalue weighted by atomic mass is 16.5. The smallest absolute Gasteiger partial charge is 0.281 e. The average molecular weight is 255 g/mol. The summed E-state index contributed by atoms with van der Waals surface area (Å²) in [7, 11) is 0. The molecular weight excluding hydrogens is 238 g/mol. The number of anilines is 1. The highest BCUT2D eigenvalue weighted by Crippen LogP contribution is 2.20. The van der Waals surface area contributed by atoms with Crippen molar-refractivity contribution >= 4 is 11.6 Å². The van der Waals surface area contributed by atoms with Gasteiger partial charge < -0.3 is 0 Å². The van der Waals surface area contributed by atoms with Crippen LogP contribution >= 0.6 is 0 Å². The number of carbonyl (C=O) groups excluding carboxylic acids is 1. The van der Waals surface area contributed by atoms with Crippen LogP contribution in [-0.2, 0) is 0 Å². The molecule has 98 valence electrons. The van der Waals surface area contributed by atoms with Gasteiger partial charge >= 0.3 is 0 Å². The van der Waals surface area contributed by atoms with Crippen molar-refractivity contribution in [2.75, 3.05) is 5.06 Å². The minimum absolute atomic E-state index is 0.422. The maximum atomic E-state index is 12.0. The zero-order chi connectivity index (χ0) is 13.8. The van der Waals surface area contributed by atoms with E-state index >= 15 is 0 Å². The average Bonchev–Trinajstić information content (AvgIpc) is 2.46. The normalized spacial score (nSPS) is 10.5. The molecule has 0 saturated carbocycles. The molecule has 0 aliphatic carbocycles. The molecule has 0 aromatic heterocycles. The van der Waals surface area contributed by atoms with Crippen molar-refractivity contribution in [2.45, 2.75) is 19.8 Å². The van der Waals surface area contributed by atoms with Crippen LogP contribution in [-0.4, -0.2) is 11.1 Å². The molecule has 2 aromatic rings. The van der Waals surface area contributed by atoms with Gasteiger partial charge in [0.05, 0.1) is 5.69 Å². The lowest BCUT2D eigenvalue weighted by Gasteiger charge is -2.16. The highest BCUT2D eigenvalue weighted by molar-refractivity contribution is 6.04. The van der Waals surface area contributed by atoms with Crippen LogP contribution in [0.3, 0.4) is 0 Å². The minimum Gasteiger partial charge on any atom is -0.281 e. The number of hydrogen-bond acceptors (Lipinski definition) is 2. The molecule has 0 bridgehead atoms. The van der Waals surface area contributed by atoms with Crippen LogP contribution in [0.1, 0.15) is 35.7 Å². The summed E-state index contributed by atoms with van der Waals surface area (Å²) in [6, 6.07) is 16.0. The third kappa shape index (κ3) is 3.01. The fourth-order valence-electron chi connectivity index (χ4n) is 1.82. The lowest BCUT2D eigenvalue weighted by atomic mass is 10.0. The first kappa shape index (κ1) is 13.3. The van der Waals surface area contributed by atoms with E-state index in [0.717, 1.165) is 0 Å². The Balaban J connectivity index is 2.20. The van der Waals surface area contributed by atoms with E-state index in [2.05, 4.69) is 13.8 Å². The Labute approximate surface area is 113 Å². The molecule has 0 heterocycles. The zero-order valence-electron chi connectivity index (χ0n) is 11.1. The maximum absolute atomic E-state index is 12.0. The van der Waals surface area contributed by atoms with Gasteiger partial charge in [-0.3, -0.25) is 10.0 Å². The van der Waals surface area contributed by atoms with E-state index in [1.54, 1.807) is 36.4 Å². The maximum Gasteiger partial charge on any atom is 0.281 e. The van der Waals surface area contributed by atoms with Gasteiger partial charge in [0.2, 0.25) is 0 Å². The zero-order valence-corrected chi connectivity index (χ0v) is 11.1. The predicted molar refractivity (Wildman–Crippen MR) is 75.6 cm³/mol. The van der Waals surface area contributed by atoms with Crippen LogP contribution in [0.5, 0.6) is 0 Å². The van der Waals surface area contributed by atoms with Crippen LogP contribution < -0.4 is 5.06 Å². The van der Waals surface area contributed by atoms with Gasteiger partial charge in [0, 0.05) is 5.56 Å². The summed E-state index contributed by atoms with van der Waals surface area (Å²) in [5.74, 6) is -0.0103. The topological polar surface area (TPSA) is 40.5 Å². The molecule has 0 fully saturated rings. The lowest BCUT2D eigenvalue weighted by molar-refractivity contribution is 0.0855. The molecule has 1 amide bonds. The van der Waals surface area contributed by atoms with Crippen molar-refractivity contribution < 1.29 is 10.0 Å². The molecule has 0 radical (unpaired) electrons. The Bertz CT molecular complexity index is 547. The van der Waals surface area contributed by atoms with Crippen molar-refractivity contribution in [3.05, 3.63) is 65.7 Å². The first-order valence-corrected chi connectivity index (χ1v) is 6.28. The van der Waals surface area contributed by atoms with Gasteiger partial charge in [0.1, 0.15) is 0 Å². The summed E-state index contributed by atoms with van der Waals surface area (Å²) in [5, 5.41) is 10.6. The summed E-state index contributed by atoms with van der Waals surface area (Å²) >= 11 is 0. The van der Waals surface area contributed by atoms with Gasteiger partial charge in [-0.2, -0.15) is 5.06 Å². The third-order valence-electron chi connectivity index (χ3n) is 3.02. The standard InChI is InChI=1S/C16H17NO2/c1-12(2)13-8-10-15(11-9-13)17(19)16(18)14-6-4-3-5-7-14/h3-12,19H,1-2H3. The summed E-state index contributed by atoms with van der Waals surface area (Å²) in [6.07, 6.45) is 0. The van der Waals surface area contributed by atoms with Gasteiger partial charge in [-0.05, 0) is 35.7 Å². The number of amides is 1. The monoisotopic (exact) mass is 255 g/mol. The second kappa shape index (κ2) is 5.67. The van der Waals surface area contributed by atoms with Gasteiger partial charge in [-0.1, -0.05) is 44.2 Å². The molecule has 1 N–H and O–H groups in total. The van der Waals surface area contributed by atoms with Gasteiger partial charge in [0.25, 0.3) is 5.91 Å². The van der Waals surface area contributed by atoms with Crippen LogP contribution in [0.25, 0.3) is 0 Å². The Morgan fingerprint density at radius 1 is 1.00 bits per heavy atom. The van der Waals surface area contributed by atoms with E-state index in [1.165, 1.54) is 5.56 Å². The number of hydroxylamine groups is 1. The van der Waals surface area contributed by atoms with Gasteiger partial charge in [-0.15, -0.1) is 0 Å². The van der Waals surface area contributed by atoms with Crippen molar-refractivity contribution in [3.63, 3.8) is 0 Å².